The van der Waals surface area contributed by atoms with Crippen LogP contribution in [0.25, 0.3) is 0 Å². The van der Waals surface area contributed by atoms with Crippen molar-refractivity contribution in [3.8, 4) is 0 Å². The molecule has 0 aromatic carbocycles. The highest BCUT2D eigenvalue weighted by Crippen LogP contribution is 2.15. The Labute approximate surface area is 70.0 Å². The van der Waals surface area contributed by atoms with Gasteiger partial charge < -0.3 is 10.8 Å². The van der Waals surface area contributed by atoms with Gasteiger partial charge in [-0.3, -0.25) is 4.98 Å². The second-order valence-corrected chi connectivity index (χ2v) is 2.52. The lowest BCUT2D eigenvalue weighted by atomic mass is 10.1. The summed E-state index contributed by atoms with van der Waals surface area (Å²) in [5.74, 6) is -0.418. The Bertz CT molecular complexity index is 255. The molecule has 0 aliphatic heterocycles. The highest BCUT2D eigenvalue weighted by molar-refractivity contribution is 5.16. The summed E-state index contributed by atoms with van der Waals surface area (Å²) in [4.78, 5) is 3.59. The van der Waals surface area contributed by atoms with E-state index in [1.54, 1.807) is 0 Å². The van der Waals surface area contributed by atoms with Gasteiger partial charge in [-0.05, 0) is 12.5 Å². The first kappa shape index (κ1) is 9.09. The molecular weight excluding hydrogens is 159 g/mol. The van der Waals surface area contributed by atoms with E-state index in [1.165, 1.54) is 12.3 Å². The summed E-state index contributed by atoms with van der Waals surface area (Å²) < 4.78 is 12.9. The second-order valence-electron chi connectivity index (χ2n) is 2.52. The van der Waals surface area contributed by atoms with Gasteiger partial charge in [-0.2, -0.15) is 0 Å². The SMILES string of the molecule is NC(CCO)c1ccncc1F. The van der Waals surface area contributed by atoms with Crippen LogP contribution in [0.4, 0.5) is 4.39 Å². The van der Waals surface area contributed by atoms with E-state index in [1.807, 2.05) is 0 Å². The Morgan fingerprint density at radius 2 is 2.42 bits per heavy atom. The number of aliphatic hydroxyl groups is 1. The topological polar surface area (TPSA) is 59.1 Å². The van der Waals surface area contributed by atoms with Crippen molar-refractivity contribution < 1.29 is 9.50 Å². The average Bonchev–Trinajstić information content (AvgIpc) is 2.05. The number of halogens is 1. The van der Waals surface area contributed by atoms with Gasteiger partial charge in [0.15, 0.2) is 0 Å². The zero-order valence-corrected chi connectivity index (χ0v) is 6.57. The van der Waals surface area contributed by atoms with Crippen molar-refractivity contribution in [1.82, 2.24) is 4.98 Å². The van der Waals surface area contributed by atoms with Gasteiger partial charge in [0, 0.05) is 24.4 Å². The molecule has 4 heteroatoms. The monoisotopic (exact) mass is 170 g/mol. The highest BCUT2D eigenvalue weighted by Gasteiger charge is 2.09. The number of hydrogen-bond donors (Lipinski definition) is 2. The lowest BCUT2D eigenvalue weighted by molar-refractivity contribution is 0.275. The van der Waals surface area contributed by atoms with E-state index in [2.05, 4.69) is 4.98 Å². The third-order valence-corrected chi connectivity index (χ3v) is 1.64. The van der Waals surface area contributed by atoms with E-state index in [4.69, 9.17) is 10.8 Å². The van der Waals surface area contributed by atoms with Crippen molar-refractivity contribution in [2.75, 3.05) is 6.61 Å². The molecule has 66 valence electrons. The quantitative estimate of drug-likeness (QED) is 0.698. The zero-order chi connectivity index (χ0) is 8.97. The van der Waals surface area contributed by atoms with Crippen LogP contribution in [0.5, 0.6) is 0 Å². The third-order valence-electron chi connectivity index (χ3n) is 1.64. The lowest BCUT2D eigenvalue weighted by Gasteiger charge is -2.09. The van der Waals surface area contributed by atoms with Crippen LogP contribution in [0.2, 0.25) is 0 Å². The molecular formula is C8H11FN2O. The van der Waals surface area contributed by atoms with Gasteiger partial charge in [0.1, 0.15) is 5.82 Å². The minimum Gasteiger partial charge on any atom is -0.396 e. The number of rotatable bonds is 3. The Hall–Kier alpha value is -1.00. The van der Waals surface area contributed by atoms with Crippen LogP contribution in [-0.4, -0.2) is 16.7 Å². The predicted octanol–water partition coefficient (Wildman–Crippen LogP) is 0.603. The minimum absolute atomic E-state index is 0.0388. The summed E-state index contributed by atoms with van der Waals surface area (Å²) in [6.07, 6.45) is 2.96. The first-order chi connectivity index (χ1) is 5.75. The number of aromatic nitrogens is 1. The summed E-state index contributed by atoms with van der Waals surface area (Å²) >= 11 is 0. The highest BCUT2D eigenvalue weighted by atomic mass is 19.1. The van der Waals surface area contributed by atoms with Crippen molar-refractivity contribution in [2.24, 2.45) is 5.73 Å². The molecule has 0 radical (unpaired) electrons. The van der Waals surface area contributed by atoms with Crippen LogP contribution in [0.15, 0.2) is 18.5 Å². The van der Waals surface area contributed by atoms with Gasteiger partial charge in [-0.15, -0.1) is 0 Å². The van der Waals surface area contributed by atoms with Crippen molar-refractivity contribution in [3.63, 3.8) is 0 Å². The molecule has 0 bridgehead atoms. The summed E-state index contributed by atoms with van der Waals surface area (Å²) in [5, 5.41) is 8.57. The molecule has 1 rings (SSSR count). The molecule has 0 spiro atoms. The molecule has 1 unspecified atom stereocenters. The van der Waals surface area contributed by atoms with Gasteiger partial charge >= 0.3 is 0 Å². The summed E-state index contributed by atoms with van der Waals surface area (Å²) in [6.45, 7) is -0.0388. The van der Waals surface area contributed by atoms with Crippen LogP contribution >= 0.6 is 0 Å². The standard InChI is InChI=1S/C8H11FN2O/c9-7-5-11-3-1-6(7)8(10)2-4-12/h1,3,5,8,12H,2,4,10H2. The van der Waals surface area contributed by atoms with Gasteiger partial charge in [-0.1, -0.05) is 0 Å². The molecule has 0 aliphatic rings. The van der Waals surface area contributed by atoms with Crippen molar-refractivity contribution in [1.29, 1.82) is 0 Å². The van der Waals surface area contributed by atoms with E-state index in [0.29, 0.717) is 12.0 Å². The first-order valence-corrected chi connectivity index (χ1v) is 3.71. The second kappa shape index (κ2) is 4.13. The van der Waals surface area contributed by atoms with Crippen molar-refractivity contribution >= 4 is 0 Å². The molecule has 1 heterocycles. The molecule has 0 saturated heterocycles. The van der Waals surface area contributed by atoms with E-state index in [9.17, 15) is 4.39 Å². The maximum atomic E-state index is 12.9. The molecule has 3 nitrogen and oxygen atoms in total. The van der Waals surface area contributed by atoms with Crippen molar-refractivity contribution in [2.45, 2.75) is 12.5 Å². The van der Waals surface area contributed by atoms with Crippen LogP contribution in [0, 0.1) is 5.82 Å². The van der Waals surface area contributed by atoms with Gasteiger partial charge in [0.05, 0.1) is 6.20 Å². The van der Waals surface area contributed by atoms with Gasteiger partial charge in [0.25, 0.3) is 0 Å². The maximum absolute atomic E-state index is 12.9. The lowest BCUT2D eigenvalue weighted by Crippen LogP contribution is -2.13. The normalized spacial score (nSPS) is 12.9. The first-order valence-electron chi connectivity index (χ1n) is 3.71. The average molecular weight is 170 g/mol. The molecule has 1 atom stereocenters. The fourth-order valence-corrected chi connectivity index (χ4v) is 0.981. The summed E-state index contributed by atoms with van der Waals surface area (Å²) in [5.41, 5.74) is 5.98. The van der Waals surface area contributed by atoms with Crippen LogP contribution < -0.4 is 5.73 Å². The number of hydrogen-bond acceptors (Lipinski definition) is 3. The number of nitrogens with two attached hydrogens (primary N) is 1. The Morgan fingerprint density at radius 1 is 1.67 bits per heavy atom. The van der Waals surface area contributed by atoms with Gasteiger partial charge in [0.2, 0.25) is 0 Å². The zero-order valence-electron chi connectivity index (χ0n) is 6.57. The number of aliphatic hydroxyl groups excluding tert-OH is 1. The molecule has 12 heavy (non-hydrogen) atoms. The fraction of sp³-hybridized carbons (Fsp3) is 0.375. The molecule has 1 aromatic rings. The van der Waals surface area contributed by atoms with Crippen LogP contribution in [0.3, 0.4) is 0 Å². The molecule has 3 N–H and O–H groups in total. The summed E-state index contributed by atoms with van der Waals surface area (Å²) in [7, 11) is 0. The fourth-order valence-electron chi connectivity index (χ4n) is 0.981. The maximum Gasteiger partial charge on any atom is 0.146 e. The van der Waals surface area contributed by atoms with Crippen LogP contribution in [-0.2, 0) is 0 Å². The summed E-state index contributed by atoms with van der Waals surface area (Å²) in [6, 6.07) is 1.08. The Morgan fingerprint density at radius 3 is 3.00 bits per heavy atom. The largest absolute Gasteiger partial charge is 0.396 e. The predicted molar refractivity (Wildman–Crippen MR) is 42.8 cm³/mol. The van der Waals surface area contributed by atoms with E-state index in [-0.39, 0.29) is 6.61 Å². The molecule has 0 amide bonds. The Kier molecular flexibility index (Phi) is 3.13. The number of nitrogens with zero attached hydrogens (tertiary/aromatic N) is 1. The van der Waals surface area contributed by atoms with Gasteiger partial charge in [-0.25, -0.2) is 4.39 Å². The van der Waals surface area contributed by atoms with Crippen LogP contribution in [0.1, 0.15) is 18.0 Å². The smallest absolute Gasteiger partial charge is 0.146 e. The molecule has 1 aromatic heterocycles. The molecule has 0 fully saturated rings. The molecule has 0 saturated carbocycles. The van der Waals surface area contributed by atoms with E-state index in [0.717, 1.165) is 6.20 Å². The minimum atomic E-state index is -0.446. The van der Waals surface area contributed by atoms with E-state index < -0.39 is 11.9 Å². The van der Waals surface area contributed by atoms with E-state index >= 15 is 0 Å². The van der Waals surface area contributed by atoms with Crippen molar-refractivity contribution in [3.05, 3.63) is 29.8 Å². The third kappa shape index (κ3) is 1.99. The number of pyridine rings is 1. The Balaban J connectivity index is 2.79. The molecule has 0 aliphatic carbocycles.